The fourth-order valence-corrected chi connectivity index (χ4v) is 3.03. The van der Waals surface area contributed by atoms with E-state index in [-0.39, 0.29) is 18.0 Å². The molecule has 7 nitrogen and oxygen atoms in total. The molecule has 0 bridgehead atoms. The van der Waals surface area contributed by atoms with Crippen molar-refractivity contribution in [1.82, 2.24) is 4.90 Å². The molecule has 0 heterocycles. The summed E-state index contributed by atoms with van der Waals surface area (Å²) < 4.78 is 10.6. The van der Waals surface area contributed by atoms with Crippen LogP contribution in [0.15, 0.2) is 34.3 Å². The Labute approximate surface area is 179 Å². The number of nitrogens with zero attached hydrogens (tertiary/aromatic N) is 2. The van der Waals surface area contributed by atoms with Crippen molar-refractivity contribution in [3.8, 4) is 6.07 Å². The maximum Gasteiger partial charge on any atom is 0.335 e. The molecule has 2 unspecified atom stereocenters. The fourth-order valence-electron chi connectivity index (χ4n) is 2.77. The Kier molecular flexibility index (Phi) is 10.1. The predicted molar refractivity (Wildman–Crippen MR) is 111 cm³/mol. The molecule has 1 amide bonds. The molecule has 0 aromatic heterocycles. The number of nitriles is 1. The molecule has 29 heavy (non-hydrogen) atoms. The molecule has 0 saturated heterocycles. The Balaban J connectivity index is 3.42. The Morgan fingerprint density at radius 1 is 1.21 bits per heavy atom. The van der Waals surface area contributed by atoms with E-state index in [1.165, 1.54) is 19.1 Å². The molecule has 0 N–H and O–H groups in total. The van der Waals surface area contributed by atoms with Gasteiger partial charge in [-0.05, 0) is 29.7 Å². The van der Waals surface area contributed by atoms with Crippen molar-refractivity contribution >= 4 is 39.9 Å². The highest BCUT2D eigenvalue weighted by Crippen LogP contribution is 2.21. The van der Waals surface area contributed by atoms with Crippen molar-refractivity contribution in [3.05, 3.63) is 39.9 Å². The molecule has 0 radical (unpaired) electrons. The van der Waals surface area contributed by atoms with Crippen LogP contribution in [-0.2, 0) is 23.9 Å². The SMILES string of the molecule is CCC(C)C(C(=O)OC)N(CC(=Cc1ccc(Br)cc1)C(=O)OC)C(=O)CC#N. The molecule has 8 heteroatoms. The topological polar surface area (TPSA) is 96.7 Å². The molecule has 2 atom stereocenters. The summed E-state index contributed by atoms with van der Waals surface area (Å²) in [4.78, 5) is 38.7. The highest BCUT2D eigenvalue weighted by atomic mass is 79.9. The normalized spacial score (nSPS) is 13.0. The fraction of sp³-hybridized carbons (Fsp3) is 0.429. The minimum atomic E-state index is -0.927. The highest BCUT2D eigenvalue weighted by molar-refractivity contribution is 9.10. The smallest absolute Gasteiger partial charge is 0.335 e. The van der Waals surface area contributed by atoms with Gasteiger partial charge in [-0.15, -0.1) is 0 Å². The highest BCUT2D eigenvalue weighted by Gasteiger charge is 2.35. The summed E-state index contributed by atoms with van der Waals surface area (Å²) in [6.07, 6.45) is 1.77. The van der Waals surface area contributed by atoms with E-state index in [1.54, 1.807) is 24.3 Å². The zero-order valence-electron chi connectivity index (χ0n) is 17.0. The van der Waals surface area contributed by atoms with E-state index in [1.807, 2.05) is 26.0 Å². The Bertz CT molecular complexity index is 798. The van der Waals surface area contributed by atoms with Crippen LogP contribution in [0.4, 0.5) is 0 Å². The van der Waals surface area contributed by atoms with Crippen molar-refractivity contribution in [3.63, 3.8) is 0 Å². The van der Waals surface area contributed by atoms with E-state index in [2.05, 4.69) is 15.9 Å². The zero-order chi connectivity index (χ0) is 22.0. The maximum absolute atomic E-state index is 12.7. The van der Waals surface area contributed by atoms with Crippen molar-refractivity contribution in [2.75, 3.05) is 20.8 Å². The number of amides is 1. The van der Waals surface area contributed by atoms with Gasteiger partial charge in [0.2, 0.25) is 5.91 Å². The van der Waals surface area contributed by atoms with Crippen LogP contribution in [0.25, 0.3) is 6.08 Å². The Morgan fingerprint density at radius 2 is 1.83 bits per heavy atom. The first-order valence-electron chi connectivity index (χ1n) is 9.07. The number of rotatable bonds is 9. The summed E-state index contributed by atoms with van der Waals surface area (Å²) in [7, 11) is 2.48. The Hall–Kier alpha value is -2.66. The predicted octanol–water partition coefficient (Wildman–Crippen LogP) is 3.34. The number of halogens is 1. The second-order valence-corrected chi connectivity index (χ2v) is 7.34. The molecule has 1 aromatic carbocycles. The van der Waals surface area contributed by atoms with E-state index in [9.17, 15) is 14.4 Å². The first-order chi connectivity index (χ1) is 13.8. The largest absolute Gasteiger partial charge is 0.467 e. The van der Waals surface area contributed by atoms with Crippen molar-refractivity contribution < 1.29 is 23.9 Å². The molecular weight excluding hydrogens is 440 g/mol. The van der Waals surface area contributed by atoms with E-state index >= 15 is 0 Å². The molecule has 0 aliphatic carbocycles. The van der Waals surface area contributed by atoms with Gasteiger partial charge in [-0.25, -0.2) is 9.59 Å². The lowest BCUT2D eigenvalue weighted by Gasteiger charge is -2.33. The van der Waals surface area contributed by atoms with E-state index in [4.69, 9.17) is 14.7 Å². The first-order valence-corrected chi connectivity index (χ1v) is 9.86. The van der Waals surface area contributed by atoms with Crippen LogP contribution in [0.5, 0.6) is 0 Å². The number of esters is 2. The molecule has 1 rings (SSSR count). The van der Waals surface area contributed by atoms with E-state index in [0.29, 0.717) is 6.42 Å². The van der Waals surface area contributed by atoms with Gasteiger partial charge in [-0.3, -0.25) is 4.79 Å². The number of hydrogen-bond acceptors (Lipinski definition) is 6. The van der Waals surface area contributed by atoms with Crippen LogP contribution in [0.1, 0.15) is 32.3 Å². The molecule has 1 aromatic rings. The number of ether oxygens (including phenoxy) is 2. The van der Waals surface area contributed by atoms with Gasteiger partial charge in [-0.1, -0.05) is 48.3 Å². The number of benzene rings is 1. The standard InChI is InChI=1S/C21H25BrN2O5/c1-5-14(2)19(21(27)29-4)24(18(25)10-11-23)13-16(20(26)28-3)12-15-6-8-17(22)9-7-15/h6-9,12,14,19H,5,10,13H2,1-4H3. The van der Waals surface area contributed by atoms with Crippen LogP contribution < -0.4 is 0 Å². The van der Waals surface area contributed by atoms with Gasteiger partial charge >= 0.3 is 11.9 Å². The van der Waals surface area contributed by atoms with Gasteiger partial charge in [0, 0.05) is 4.47 Å². The number of carbonyl (C=O) groups excluding carboxylic acids is 3. The summed E-state index contributed by atoms with van der Waals surface area (Å²) >= 11 is 3.35. The summed E-state index contributed by atoms with van der Waals surface area (Å²) in [5.41, 5.74) is 0.901. The molecular formula is C21H25BrN2O5. The molecule has 156 valence electrons. The van der Waals surface area contributed by atoms with Crippen molar-refractivity contribution in [2.24, 2.45) is 5.92 Å². The molecule has 0 spiro atoms. The zero-order valence-corrected chi connectivity index (χ0v) is 18.6. The summed E-state index contributed by atoms with van der Waals surface area (Å²) in [5.74, 6) is -2.03. The molecule has 0 fully saturated rings. The van der Waals surface area contributed by atoms with E-state index in [0.717, 1.165) is 10.0 Å². The van der Waals surface area contributed by atoms with Gasteiger partial charge < -0.3 is 14.4 Å². The van der Waals surface area contributed by atoms with Gasteiger partial charge in [0.1, 0.15) is 12.5 Å². The third-order valence-electron chi connectivity index (χ3n) is 4.51. The average molecular weight is 465 g/mol. The minimum absolute atomic E-state index is 0.179. The lowest BCUT2D eigenvalue weighted by Crippen LogP contribution is -2.50. The van der Waals surface area contributed by atoms with Gasteiger partial charge in [-0.2, -0.15) is 5.26 Å². The molecule has 0 aliphatic rings. The van der Waals surface area contributed by atoms with Crippen molar-refractivity contribution in [1.29, 1.82) is 5.26 Å². The Morgan fingerprint density at radius 3 is 2.31 bits per heavy atom. The molecule has 0 aliphatic heterocycles. The van der Waals surface area contributed by atoms with Gasteiger partial charge in [0.05, 0.1) is 32.4 Å². The van der Waals surface area contributed by atoms with Crippen LogP contribution in [0.2, 0.25) is 0 Å². The average Bonchev–Trinajstić information content (AvgIpc) is 2.72. The summed E-state index contributed by atoms with van der Waals surface area (Å²) in [5, 5.41) is 8.99. The first kappa shape index (κ1) is 24.4. The lowest BCUT2D eigenvalue weighted by atomic mass is 9.96. The third-order valence-corrected chi connectivity index (χ3v) is 5.04. The summed E-state index contributed by atoms with van der Waals surface area (Å²) in [6.45, 7) is 3.50. The maximum atomic E-state index is 12.7. The summed E-state index contributed by atoms with van der Waals surface area (Å²) in [6, 6.07) is 8.09. The van der Waals surface area contributed by atoms with Crippen LogP contribution in [0.3, 0.4) is 0 Å². The third kappa shape index (κ3) is 7.02. The van der Waals surface area contributed by atoms with Gasteiger partial charge in [0.15, 0.2) is 0 Å². The monoisotopic (exact) mass is 464 g/mol. The number of carbonyl (C=O) groups is 3. The van der Waals surface area contributed by atoms with E-state index < -0.39 is 30.3 Å². The number of methoxy groups -OCH3 is 2. The number of hydrogen-bond donors (Lipinski definition) is 0. The molecule has 0 saturated carbocycles. The van der Waals surface area contributed by atoms with Crippen LogP contribution in [-0.4, -0.2) is 49.6 Å². The lowest BCUT2D eigenvalue weighted by molar-refractivity contribution is -0.155. The van der Waals surface area contributed by atoms with Crippen LogP contribution in [0, 0.1) is 17.2 Å². The van der Waals surface area contributed by atoms with Crippen molar-refractivity contribution in [2.45, 2.75) is 32.7 Å². The quantitative estimate of drug-likeness (QED) is 0.410. The van der Waals surface area contributed by atoms with Gasteiger partial charge in [0.25, 0.3) is 0 Å². The second kappa shape index (κ2) is 12.0. The second-order valence-electron chi connectivity index (χ2n) is 6.42. The van der Waals surface area contributed by atoms with Crippen LogP contribution >= 0.6 is 15.9 Å². The minimum Gasteiger partial charge on any atom is -0.467 e.